The van der Waals surface area contributed by atoms with Crippen LogP contribution in [0.5, 0.6) is 0 Å². The Balaban J connectivity index is 1.16. The maximum absolute atomic E-state index is 14.9. The lowest BCUT2D eigenvalue weighted by Crippen LogP contribution is -2.49. The van der Waals surface area contributed by atoms with Gasteiger partial charge in [-0.15, -0.1) is 0 Å². The van der Waals surface area contributed by atoms with Crippen LogP contribution in [0.15, 0.2) is 48.8 Å². The lowest BCUT2D eigenvalue weighted by Gasteiger charge is -2.35. The number of hydrazine groups is 1. The summed E-state index contributed by atoms with van der Waals surface area (Å²) in [5, 5.41) is 1.76. The maximum Gasteiger partial charge on any atom is 0.419 e. The molecule has 2 amide bonds. The standard InChI is InChI=1S/C29H28F4N6O2/c1-37-25(22-14-19(18-3-4-18)5-6-21(22)26(40)36-37)13-17-2-7-24(30)23(12-17)27(41)38-8-10-39(11-9-38)28-34-15-20(16-35-28)29(31,32)33/h2,5-7,12,14-16,18,25H,3-4,8-11,13H2,1H3,(H,36,40). The minimum atomic E-state index is -4.52. The van der Waals surface area contributed by atoms with E-state index in [9.17, 15) is 27.2 Å². The van der Waals surface area contributed by atoms with Gasteiger partial charge in [0.1, 0.15) is 5.82 Å². The van der Waals surface area contributed by atoms with Crippen molar-refractivity contribution in [3.8, 4) is 0 Å². The molecule has 8 nitrogen and oxygen atoms in total. The van der Waals surface area contributed by atoms with Crippen LogP contribution >= 0.6 is 0 Å². The highest BCUT2D eigenvalue weighted by molar-refractivity contribution is 5.97. The molecule has 1 saturated carbocycles. The molecule has 1 N–H and O–H groups in total. The third kappa shape index (κ3) is 5.48. The van der Waals surface area contributed by atoms with Crippen LogP contribution in [-0.2, 0) is 12.6 Å². The van der Waals surface area contributed by atoms with Gasteiger partial charge in [0, 0.05) is 51.2 Å². The summed E-state index contributed by atoms with van der Waals surface area (Å²) in [7, 11) is 1.80. The normalized spacial score (nSPS) is 19.6. The first-order valence-corrected chi connectivity index (χ1v) is 13.5. The van der Waals surface area contributed by atoms with Gasteiger partial charge in [-0.25, -0.2) is 19.4 Å². The number of alkyl halides is 3. The summed E-state index contributed by atoms with van der Waals surface area (Å²) in [4.78, 5) is 36.8. The Morgan fingerprint density at radius 1 is 1.02 bits per heavy atom. The number of nitrogens with one attached hydrogen (secondary N) is 1. The van der Waals surface area contributed by atoms with Gasteiger partial charge in [0.2, 0.25) is 5.95 Å². The van der Waals surface area contributed by atoms with Crippen LogP contribution in [0.25, 0.3) is 0 Å². The molecule has 1 aliphatic carbocycles. The molecule has 3 aromatic rings. The van der Waals surface area contributed by atoms with Crippen molar-refractivity contribution in [3.05, 3.63) is 88.0 Å². The Bertz CT molecular complexity index is 1480. The first kappa shape index (κ1) is 27.1. The van der Waals surface area contributed by atoms with Crippen molar-refractivity contribution in [2.75, 3.05) is 38.1 Å². The minimum Gasteiger partial charge on any atom is -0.337 e. The van der Waals surface area contributed by atoms with Gasteiger partial charge in [-0.3, -0.25) is 15.0 Å². The zero-order valence-corrected chi connectivity index (χ0v) is 22.3. The number of halogens is 4. The van der Waals surface area contributed by atoms with E-state index in [1.807, 2.05) is 12.1 Å². The number of likely N-dealkylation sites (N-methyl/N-ethyl adjacent to an activating group) is 1. The molecule has 3 heterocycles. The van der Waals surface area contributed by atoms with Crippen LogP contribution in [0.4, 0.5) is 23.5 Å². The molecule has 6 rings (SSSR count). The van der Waals surface area contributed by atoms with Crippen LogP contribution in [0, 0.1) is 5.82 Å². The van der Waals surface area contributed by atoms with Crippen LogP contribution < -0.4 is 10.3 Å². The fourth-order valence-electron chi connectivity index (χ4n) is 5.49. The fraction of sp³-hybridized carbons (Fsp3) is 0.379. The Morgan fingerprint density at radius 2 is 1.73 bits per heavy atom. The van der Waals surface area contributed by atoms with Gasteiger partial charge in [0.05, 0.1) is 17.2 Å². The van der Waals surface area contributed by atoms with Gasteiger partial charge in [-0.1, -0.05) is 18.2 Å². The number of hydrogen-bond acceptors (Lipinski definition) is 6. The highest BCUT2D eigenvalue weighted by Crippen LogP contribution is 2.42. The van der Waals surface area contributed by atoms with Crippen molar-refractivity contribution >= 4 is 17.8 Å². The summed E-state index contributed by atoms with van der Waals surface area (Å²) >= 11 is 0. The average Bonchev–Trinajstić information content (AvgIpc) is 3.81. The maximum atomic E-state index is 14.9. The lowest BCUT2D eigenvalue weighted by atomic mass is 9.90. The minimum absolute atomic E-state index is 0.0452. The molecule has 1 atom stereocenters. The number of hydrogen-bond donors (Lipinski definition) is 1. The predicted molar refractivity (Wildman–Crippen MR) is 142 cm³/mol. The number of nitrogens with zero attached hydrogens (tertiary/aromatic N) is 5. The molecular weight excluding hydrogens is 540 g/mol. The summed E-state index contributed by atoms with van der Waals surface area (Å²) in [5.41, 5.74) is 5.40. The molecule has 2 fully saturated rings. The smallest absolute Gasteiger partial charge is 0.337 e. The molecule has 214 valence electrons. The van der Waals surface area contributed by atoms with Crippen LogP contribution in [0.3, 0.4) is 0 Å². The number of rotatable bonds is 5. The molecule has 1 saturated heterocycles. The van der Waals surface area contributed by atoms with Gasteiger partial charge in [0.25, 0.3) is 11.8 Å². The molecule has 0 radical (unpaired) electrons. The number of carbonyl (C=O) groups excluding carboxylic acids is 2. The van der Waals surface area contributed by atoms with Gasteiger partial charge < -0.3 is 9.80 Å². The highest BCUT2D eigenvalue weighted by Gasteiger charge is 2.34. The van der Waals surface area contributed by atoms with E-state index >= 15 is 0 Å². The number of benzene rings is 2. The molecule has 2 aliphatic heterocycles. The summed E-state index contributed by atoms with van der Waals surface area (Å²) < 4.78 is 53.4. The summed E-state index contributed by atoms with van der Waals surface area (Å²) in [6.45, 7) is 1.07. The second-order valence-electron chi connectivity index (χ2n) is 10.8. The molecule has 0 bridgehead atoms. The lowest BCUT2D eigenvalue weighted by molar-refractivity contribution is -0.138. The summed E-state index contributed by atoms with van der Waals surface area (Å²) in [6, 6.07) is 10.3. The number of fused-ring (bicyclic) bond motifs is 1. The average molecular weight is 569 g/mol. The van der Waals surface area contributed by atoms with Crippen LogP contribution in [0.2, 0.25) is 0 Å². The molecule has 0 spiro atoms. The predicted octanol–water partition coefficient (Wildman–Crippen LogP) is 4.35. The van der Waals surface area contributed by atoms with E-state index in [1.165, 1.54) is 16.5 Å². The zero-order chi connectivity index (χ0) is 28.9. The number of anilines is 1. The van der Waals surface area contributed by atoms with Crippen molar-refractivity contribution in [1.29, 1.82) is 0 Å². The van der Waals surface area contributed by atoms with E-state index in [0.29, 0.717) is 31.0 Å². The molecule has 2 aromatic carbocycles. The van der Waals surface area contributed by atoms with Crippen molar-refractivity contribution in [1.82, 2.24) is 25.3 Å². The fourth-order valence-corrected chi connectivity index (χ4v) is 5.49. The topological polar surface area (TPSA) is 81.7 Å². The highest BCUT2D eigenvalue weighted by atomic mass is 19.4. The Morgan fingerprint density at radius 3 is 2.39 bits per heavy atom. The first-order chi connectivity index (χ1) is 19.6. The number of aromatic nitrogens is 2. The quantitative estimate of drug-likeness (QED) is 0.461. The first-order valence-electron chi connectivity index (χ1n) is 13.5. The molecule has 1 aromatic heterocycles. The Labute approximate surface area is 233 Å². The van der Waals surface area contributed by atoms with Crippen molar-refractivity contribution in [2.45, 2.75) is 37.4 Å². The van der Waals surface area contributed by atoms with Crippen LogP contribution in [0.1, 0.15) is 67.8 Å². The van der Waals surface area contributed by atoms with E-state index < -0.39 is 23.5 Å². The molecule has 41 heavy (non-hydrogen) atoms. The van der Waals surface area contributed by atoms with Crippen LogP contribution in [-0.4, -0.2) is 64.9 Å². The van der Waals surface area contributed by atoms with E-state index in [1.54, 1.807) is 29.1 Å². The number of amides is 2. The van der Waals surface area contributed by atoms with Crippen molar-refractivity contribution in [3.63, 3.8) is 0 Å². The second-order valence-corrected chi connectivity index (χ2v) is 10.8. The zero-order valence-electron chi connectivity index (χ0n) is 22.3. The second kappa shape index (κ2) is 10.4. The van der Waals surface area contributed by atoms with E-state index in [-0.39, 0.29) is 36.6 Å². The molecule has 12 heteroatoms. The van der Waals surface area contributed by atoms with Gasteiger partial charge >= 0.3 is 6.18 Å². The third-order valence-corrected chi connectivity index (χ3v) is 7.98. The van der Waals surface area contributed by atoms with Gasteiger partial charge in [0.15, 0.2) is 0 Å². The Kier molecular flexibility index (Phi) is 6.88. The Hall–Kier alpha value is -4.06. The number of piperazine rings is 1. The monoisotopic (exact) mass is 568 g/mol. The van der Waals surface area contributed by atoms with E-state index in [4.69, 9.17) is 0 Å². The summed E-state index contributed by atoms with van der Waals surface area (Å²) in [5.74, 6) is -0.588. The van der Waals surface area contributed by atoms with E-state index in [2.05, 4.69) is 21.5 Å². The SMILES string of the molecule is CN1NC(=O)c2ccc(C3CC3)cc2C1Cc1ccc(F)c(C(=O)N2CCN(c3ncc(C(F)(F)F)cn3)CC2)c1. The largest absolute Gasteiger partial charge is 0.419 e. The van der Waals surface area contributed by atoms with Crippen molar-refractivity contribution < 1.29 is 27.2 Å². The van der Waals surface area contributed by atoms with Crippen molar-refractivity contribution in [2.24, 2.45) is 0 Å². The van der Waals surface area contributed by atoms with Gasteiger partial charge in [-0.05, 0) is 60.1 Å². The van der Waals surface area contributed by atoms with E-state index in [0.717, 1.165) is 36.4 Å². The molecular formula is C29H28F4N6O2. The molecule has 3 aliphatic rings. The third-order valence-electron chi connectivity index (χ3n) is 7.98. The van der Waals surface area contributed by atoms with Gasteiger partial charge in [-0.2, -0.15) is 13.2 Å². The summed E-state index contributed by atoms with van der Waals surface area (Å²) in [6.07, 6.45) is -0.313. The number of carbonyl (C=O) groups is 2. The molecule has 1 unspecified atom stereocenters.